The number of anilines is 1. The number of rotatable bonds is 9. The summed E-state index contributed by atoms with van der Waals surface area (Å²) in [6.07, 6.45) is 3.78. The molecule has 0 unspecified atom stereocenters. The molecule has 0 radical (unpaired) electrons. The predicted octanol–water partition coefficient (Wildman–Crippen LogP) is 2.66. The van der Waals surface area contributed by atoms with Crippen molar-refractivity contribution in [2.24, 2.45) is 4.99 Å². The van der Waals surface area contributed by atoms with Crippen LogP contribution in [0.2, 0.25) is 5.15 Å². The Hall–Kier alpha value is -2.51. The third kappa shape index (κ3) is 7.60. The van der Waals surface area contributed by atoms with Crippen LogP contribution in [0, 0.1) is 0 Å². The third-order valence-electron chi connectivity index (χ3n) is 5.47. The molecular weight excluding hydrogens is 412 g/mol. The number of halogens is 1. The summed E-state index contributed by atoms with van der Waals surface area (Å²) in [5.74, 6) is 1.74. The summed E-state index contributed by atoms with van der Waals surface area (Å²) in [5, 5.41) is 7.28. The van der Waals surface area contributed by atoms with Gasteiger partial charge in [-0.3, -0.25) is 9.89 Å². The fourth-order valence-corrected chi connectivity index (χ4v) is 3.74. The molecule has 1 aromatic carbocycles. The van der Waals surface area contributed by atoms with E-state index in [1.807, 2.05) is 30.5 Å². The fourth-order valence-electron chi connectivity index (χ4n) is 3.63. The molecule has 0 saturated carbocycles. The van der Waals surface area contributed by atoms with Crippen LogP contribution in [0.15, 0.2) is 47.6 Å². The Bertz CT molecular complexity index is 804. The summed E-state index contributed by atoms with van der Waals surface area (Å²) in [5.41, 5.74) is 2.42. The molecule has 0 aliphatic carbocycles. The van der Waals surface area contributed by atoms with Crippen molar-refractivity contribution in [1.82, 2.24) is 20.5 Å². The number of aliphatic imine (C=N–C) groups is 1. The summed E-state index contributed by atoms with van der Waals surface area (Å²) in [6.45, 7) is 7.10. The maximum Gasteiger partial charge on any atom is 0.190 e. The van der Waals surface area contributed by atoms with Crippen molar-refractivity contribution in [3.05, 3.63) is 53.3 Å². The maximum absolute atomic E-state index is 5.83. The molecule has 7 nitrogen and oxygen atoms in total. The van der Waals surface area contributed by atoms with Crippen molar-refractivity contribution in [1.29, 1.82) is 0 Å². The van der Waals surface area contributed by atoms with Gasteiger partial charge in [-0.2, -0.15) is 0 Å². The van der Waals surface area contributed by atoms with Gasteiger partial charge in [0.15, 0.2) is 5.96 Å². The molecule has 2 N–H and O–H groups in total. The molecule has 0 atom stereocenters. The largest absolute Gasteiger partial charge is 0.497 e. The molecule has 168 valence electrons. The molecule has 1 aliphatic rings. The van der Waals surface area contributed by atoms with Crippen molar-refractivity contribution < 1.29 is 4.74 Å². The fraction of sp³-hybridized carbons (Fsp3) is 0.478. The normalized spacial score (nSPS) is 15.1. The Morgan fingerprint density at radius 3 is 2.45 bits per heavy atom. The van der Waals surface area contributed by atoms with Gasteiger partial charge in [-0.15, -0.1) is 0 Å². The first-order valence-electron chi connectivity index (χ1n) is 10.8. The molecule has 3 rings (SSSR count). The van der Waals surface area contributed by atoms with Gasteiger partial charge in [0, 0.05) is 58.2 Å². The van der Waals surface area contributed by atoms with E-state index in [0.717, 1.165) is 75.9 Å². The number of hydrogen-bond acceptors (Lipinski definition) is 5. The van der Waals surface area contributed by atoms with Gasteiger partial charge in [0.1, 0.15) is 10.9 Å². The Morgan fingerprint density at radius 2 is 1.81 bits per heavy atom. The number of piperazine rings is 1. The SMILES string of the molecule is CN=C(NCCCN1CCN(c2ccc(OC)cc2)CC1)NCCc1ccc(Cl)nc1. The zero-order chi connectivity index (χ0) is 21.9. The quantitative estimate of drug-likeness (QED) is 0.268. The molecule has 2 aromatic rings. The average molecular weight is 445 g/mol. The first-order chi connectivity index (χ1) is 15.2. The second kappa shape index (κ2) is 12.4. The molecule has 1 aliphatic heterocycles. The first-order valence-corrected chi connectivity index (χ1v) is 11.2. The van der Waals surface area contributed by atoms with E-state index in [4.69, 9.17) is 16.3 Å². The summed E-state index contributed by atoms with van der Waals surface area (Å²) < 4.78 is 5.25. The highest BCUT2D eigenvalue weighted by molar-refractivity contribution is 6.29. The molecule has 0 spiro atoms. The number of guanidine groups is 1. The zero-order valence-electron chi connectivity index (χ0n) is 18.5. The van der Waals surface area contributed by atoms with Gasteiger partial charge in [0.05, 0.1) is 7.11 Å². The van der Waals surface area contributed by atoms with E-state index in [-0.39, 0.29) is 0 Å². The Balaban J connectivity index is 1.28. The van der Waals surface area contributed by atoms with E-state index in [1.54, 1.807) is 14.2 Å². The summed E-state index contributed by atoms with van der Waals surface area (Å²) in [6, 6.07) is 12.2. The monoisotopic (exact) mass is 444 g/mol. The molecule has 8 heteroatoms. The number of nitrogens with zero attached hydrogens (tertiary/aromatic N) is 4. The molecule has 31 heavy (non-hydrogen) atoms. The van der Waals surface area contributed by atoms with Crippen LogP contribution in [-0.4, -0.2) is 75.8 Å². The van der Waals surface area contributed by atoms with Crippen LogP contribution in [0.25, 0.3) is 0 Å². The molecule has 1 aromatic heterocycles. The van der Waals surface area contributed by atoms with E-state index in [9.17, 15) is 0 Å². The number of aromatic nitrogens is 1. The highest BCUT2D eigenvalue weighted by Crippen LogP contribution is 2.20. The Labute approximate surface area is 190 Å². The molecule has 0 bridgehead atoms. The van der Waals surface area contributed by atoms with Crippen molar-refractivity contribution in [3.8, 4) is 5.75 Å². The topological polar surface area (TPSA) is 65.0 Å². The van der Waals surface area contributed by atoms with E-state index in [1.165, 1.54) is 5.69 Å². The summed E-state index contributed by atoms with van der Waals surface area (Å²) >= 11 is 5.83. The number of benzene rings is 1. The lowest BCUT2D eigenvalue weighted by Crippen LogP contribution is -2.47. The Morgan fingerprint density at radius 1 is 1.06 bits per heavy atom. The van der Waals surface area contributed by atoms with Crippen LogP contribution in [0.3, 0.4) is 0 Å². The van der Waals surface area contributed by atoms with Gasteiger partial charge in [0.25, 0.3) is 0 Å². The maximum atomic E-state index is 5.83. The van der Waals surface area contributed by atoms with Gasteiger partial charge in [-0.05, 0) is 55.3 Å². The minimum atomic E-state index is 0.524. The standard InChI is InChI=1S/C23H33ClN6O/c1-25-23(27-12-10-19-4-9-22(24)28-18-19)26-11-3-13-29-14-16-30(17-15-29)20-5-7-21(31-2)8-6-20/h4-9,18H,3,10-17H2,1-2H3,(H2,25,26,27). The highest BCUT2D eigenvalue weighted by atomic mass is 35.5. The lowest BCUT2D eigenvalue weighted by atomic mass is 10.2. The lowest BCUT2D eigenvalue weighted by Gasteiger charge is -2.36. The van der Waals surface area contributed by atoms with Crippen molar-refractivity contribution >= 4 is 23.2 Å². The molecule has 0 amide bonds. The summed E-state index contributed by atoms with van der Waals surface area (Å²) in [7, 11) is 3.50. The molecular formula is C23H33ClN6O. The van der Waals surface area contributed by atoms with Crippen LogP contribution in [-0.2, 0) is 6.42 Å². The van der Waals surface area contributed by atoms with Gasteiger partial charge >= 0.3 is 0 Å². The number of ether oxygens (including phenoxy) is 1. The molecule has 1 fully saturated rings. The lowest BCUT2D eigenvalue weighted by molar-refractivity contribution is 0.255. The van der Waals surface area contributed by atoms with E-state index in [2.05, 4.69) is 42.5 Å². The van der Waals surface area contributed by atoms with Gasteiger partial charge in [-0.1, -0.05) is 17.7 Å². The van der Waals surface area contributed by atoms with E-state index < -0.39 is 0 Å². The van der Waals surface area contributed by atoms with Crippen molar-refractivity contribution in [3.63, 3.8) is 0 Å². The van der Waals surface area contributed by atoms with Crippen LogP contribution >= 0.6 is 11.6 Å². The molecule has 1 saturated heterocycles. The second-order valence-electron chi connectivity index (χ2n) is 7.55. The van der Waals surface area contributed by atoms with Gasteiger partial charge < -0.3 is 20.3 Å². The van der Waals surface area contributed by atoms with Gasteiger partial charge in [0.2, 0.25) is 0 Å². The van der Waals surface area contributed by atoms with Crippen molar-refractivity contribution in [2.75, 3.05) is 64.9 Å². The number of methoxy groups -OCH3 is 1. The average Bonchev–Trinajstić information content (AvgIpc) is 2.82. The van der Waals surface area contributed by atoms with Crippen molar-refractivity contribution in [2.45, 2.75) is 12.8 Å². The zero-order valence-corrected chi connectivity index (χ0v) is 19.2. The number of pyridine rings is 1. The Kier molecular flexibility index (Phi) is 9.24. The summed E-state index contributed by atoms with van der Waals surface area (Å²) in [4.78, 5) is 13.4. The van der Waals surface area contributed by atoms with Crippen LogP contribution < -0.4 is 20.3 Å². The van der Waals surface area contributed by atoms with Crippen LogP contribution in [0.1, 0.15) is 12.0 Å². The second-order valence-corrected chi connectivity index (χ2v) is 7.93. The highest BCUT2D eigenvalue weighted by Gasteiger charge is 2.16. The van der Waals surface area contributed by atoms with Crippen LogP contribution in [0.5, 0.6) is 5.75 Å². The van der Waals surface area contributed by atoms with Gasteiger partial charge in [-0.25, -0.2) is 4.98 Å². The third-order valence-corrected chi connectivity index (χ3v) is 5.70. The number of nitrogens with one attached hydrogen (secondary N) is 2. The van der Waals surface area contributed by atoms with E-state index in [0.29, 0.717) is 5.15 Å². The smallest absolute Gasteiger partial charge is 0.190 e. The number of hydrogen-bond donors (Lipinski definition) is 2. The minimum absolute atomic E-state index is 0.524. The predicted molar refractivity (Wildman–Crippen MR) is 129 cm³/mol. The molecule has 2 heterocycles. The first kappa shape index (κ1) is 23.2. The minimum Gasteiger partial charge on any atom is -0.497 e. The van der Waals surface area contributed by atoms with E-state index >= 15 is 0 Å². The van der Waals surface area contributed by atoms with Crippen LogP contribution in [0.4, 0.5) is 5.69 Å².